The Bertz CT molecular complexity index is 1960. The van der Waals surface area contributed by atoms with Crippen LogP contribution in [-0.2, 0) is 16.2 Å². The maximum absolute atomic E-state index is 13.6. The van der Waals surface area contributed by atoms with Crippen molar-refractivity contribution in [3.63, 3.8) is 0 Å². The summed E-state index contributed by atoms with van der Waals surface area (Å²) >= 11 is 0. The summed E-state index contributed by atoms with van der Waals surface area (Å²) in [6.07, 6.45) is 0. The van der Waals surface area contributed by atoms with Crippen LogP contribution in [0.5, 0.6) is 11.5 Å². The monoisotopic (exact) mass is 589 g/mol. The van der Waals surface area contributed by atoms with Gasteiger partial charge in [-0.05, 0) is 72.1 Å². The number of nitrogens with one attached hydrogen (secondary N) is 1. The van der Waals surface area contributed by atoms with Gasteiger partial charge in [0, 0.05) is 5.56 Å². The van der Waals surface area contributed by atoms with E-state index in [4.69, 9.17) is 9.47 Å². The summed E-state index contributed by atoms with van der Waals surface area (Å²) < 4.78 is 11.4. The van der Waals surface area contributed by atoms with Crippen LogP contribution in [0.25, 0.3) is 16.8 Å². The first-order chi connectivity index (χ1) is 21.2. The molecule has 1 aromatic heterocycles. The van der Waals surface area contributed by atoms with Gasteiger partial charge in [0.2, 0.25) is 5.95 Å². The summed E-state index contributed by atoms with van der Waals surface area (Å²) in [4.78, 5) is 47.4. The van der Waals surface area contributed by atoms with E-state index < -0.39 is 23.7 Å². The molecule has 1 atom stereocenters. The Hall–Kier alpha value is -5.90. The van der Waals surface area contributed by atoms with E-state index in [2.05, 4.69) is 9.97 Å². The van der Waals surface area contributed by atoms with E-state index in [9.17, 15) is 24.6 Å². The first kappa shape index (κ1) is 28.2. The van der Waals surface area contributed by atoms with Crippen molar-refractivity contribution in [3.05, 3.63) is 124 Å². The number of aromatic amines is 1. The molecule has 1 fully saturated rings. The molecule has 1 aliphatic rings. The molecule has 0 saturated carbocycles. The summed E-state index contributed by atoms with van der Waals surface area (Å²) in [5, 5.41) is 21.0. The van der Waals surface area contributed by atoms with Gasteiger partial charge in [-0.25, -0.2) is 9.78 Å². The molecule has 6 rings (SSSR count). The summed E-state index contributed by atoms with van der Waals surface area (Å²) in [6, 6.07) is 24.8. The number of hydrogen-bond donors (Lipinski definition) is 3. The maximum Gasteiger partial charge on any atom is 0.335 e. The fraction of sp³-hybridized carbons (Fsp3) is 0.118. The number of H-pyrrole nitrogens is 1. The molecule has 1 aliphatic heterocycles. The Labute approximate surface area is 251 Å². The van der Waals surface area contributed by atoms with E-state index in [-0.39, 0.29) is 22.8 Å². The molecule has 4 aromatic carbocycles. The number of anilines is 1. The summed E-state index contributed by atoms with van der Waals surface area (Å²) in [6.45, 7) is 2.19. The maximum atomic E-state index is 13.6. The van der Waals surface area contributed by atoms with E-state index >= 15 is 0 Å². The van der Waals surface area contributed by atoms with Gasteiger partial charge in [0.1, 0.15) is 23.9 Å². The Morgan fingerprint density at radius 1 is 0.932 bits per heavy atom. The molecule has 0 radical (unpaired) electrons. The molecule has 2 heterocycles. The molecule has 44 heavy (non-hydrogen) atoms. The molecular formula is C34H27N3O7. The van der Waals surface area contributed by atoms with E-state index in [0.717, 1.165) is 11.1 Å². The number of carbonyl (C=O) groups is 3. The zero-order chi connectivity index (χ0) is 31.0. The van der Waals surface area contributed by atoms with Crippen LogP contribution in [0, 0.1) is 6.92 Å². The number of aromatic carboxylic acids is 1. The van der Waals surface area contributed by atoms with Crippen LogP contribution in [0.15, 0.2) is 96.6 Å². The van der Waals surface area contributed by atoms with Gasteiger partial charge in [-0.3, -0.25) is 14.5 Å². The third-order valence-corrected chi connectivity index (χ3v) is 7.48. The third-order valence-electron chi connectivity index (χ3n) is 7.48. The molecule has 5 aromatic rings. The number of rotatable bonds is 8. The van der Waals surface area contributed by atoms with Crippen LogP contribution in [0.2, 0.25) is 0 Å². The van der Waals surface area contributed by atoms with Crippen molar-refractivity contribution in [1.29, 1.82) is 0 Å². The lowest BCUT2D eigenvalue weighted by Gasteiger charge is -2.23. The molecule has 10 nitrogen and oxygen atoms in total. The minimum atomic E-state index is -1.12. The average Bonchev–Trinajstić information content (AvgIpc) is 3.57. The number of aliphatic hydroxyl groups excluding tert-OH is 1. The number of carbonyl (C=O) groups excluding carboxylic acids is 2. The minimum absolute atomic E-state index is 0.0253. The number of carboxylic acids is 1. The number of methoxy groups -OCH3 is 1. The number of nitrogens with zero attached hydrogens (tertiary/aromatic N) is 2. The second-order valence-electron chi connectivity index (χ2n) is 10.3. The second kappa shape index (κ2) is 11.4. The molecule has 1 unspecified atom stereocenters. The van der Waals surface area contributed by atoms with E-state index in [1.165, 1.54) is 30.2 Å². The number of amides is 1. The van der Waals surface area contributed by atoms with E-state index in [0.29, 0.717) is 40.3 Å². The molecule has 0 bridgehead atoms. The zero-order valence-electron chi connectivity index (χ0n) is 23.8. The van der Waals surface area contributed by atoms with Gasteiger partial charge in [-0.2, -0.15) is 0 Å². The SMILES string of the molecule is COc1cccc(C2/C(=C(\O)c3ccc(OCc4ccccc4)c(C)c3)C(=O)C(=O)N2c2nc3ccc(C(=O)O)cc3[nH]2)c1. The first-order valence-electron chi connectivity index (χ1n) is 13.7. The van der Waals surface area contributed by atoms with Crippen LogP contribution in [0.3, 0.4) is 0 Å². The quantitative estimate of drug-likeness (QED) is 0.117. The van der Waals surface area contributed by atoms with Crippen molar-refractivity contribution in [2.24, 2.45) is 0 Å². The summed E-state index contributed by atoms with van der Waals surface area (Å²) in [7, 11) is 1.50. The van der Waals surface area contributed by atoms with Crippen LogP contribution in [0.4, 0.5) is 5.95 Å². The van der Waals surface area contributed by atoms with Crippen LogP contribution in [0.1, 0.15) is 38.7 Å². The van der Waals surface area contributed by atoms with Gasteiger partial charge in [-0.15, -0.1) is 0 Å². The lowest BCUT2D eigenvalue weighted by molar-refractivity contribution is -0.132. The highest BCUT2D eigenvalue weighted by Crippen LogP contribution is 2.42. The van der Waals surface area contributed by atoms with Gasteiger partial charge >= 0.3 is 11.9 Å². The molecule has 10 heteroatoms. The molecule has 3 N–H and O–H groups in total. The van der Waals surface area contributed by atoms with Gasteiger partial charge in [-0.1, -0.05) is 42.5 Å². The van der Waals surface area contributed by atoms with Crippen LogP contribution >= 0.6 is 0 Å². The van der Waals surface area contributed by atoms with E-state index in [1.807, 2.05) is 37.3 Å². The number of aliphatic hydroxyl groups is 1. The Morgan fingerprint density at radius 2 is 1.70 bits per heavy atom. The number of fused-ring (bicyclic) bond motifs is 1. The number of aryl methyl sites for hydroxylation is 1. The molecular weight excluding hydrogens is 562 g/mol. The van der Waals surface area contributed by atoms with Crippen molar-refractivity contribution < 1.29 is 34.1 Å². The van der Waals surface area contributed by atoms with Crippen molar-refractivity contribution in [1.82, 2.24) is 9.97 Å². The minimum Gasteiger partial charge on any atom is -0.507 e. The molecule has 1 amide bonds. The number of ketones is 1. The number of carboxylic acid groups (broad SMARTS) is 1. The first-order valence-corrected chi connectivity index (χ1v) is 13.7. The van der Waals surface area contributed by atoms with Crippen molar-refractivity contribution in [3.8, 4) is 11.5 Å². The van der Waals surface area contributed by atoms with Gasteiger partial charge in [0.05, 0.1) is 35.3 Å². The van der Waals surface area contributed by atoms with E-state index in [1.54, 1.807) is 42.5 Å². The number of imidazole rings is 1. The Balaban J connectivity index is 1.43. The second-order valence-corrected chi connectivity index (χ2v) is 10.3. The average molecular weight is 590 g/mol. The molecule has 0 spiro atoms. The van der Waals surface area contributed by atoms with Crippen molar-refractivity contribution in [2.45, 2.75) is 19.6 Å². The predicted octanol–water partition coefficient (Wildman–Crippen LogP) is 5.78. The van der Waals surface area contributed by atoms with Gasteiger partial charge in [0.15, 0.2) is 0 Å². The molecule has 1 saturated heterocycles. The molecule has 0 aliphatic carbocycles. The predicted molar refractivity (Wildman–Crippen MR) is 163 cm³/mol. The van der Waals surface area contributed by atoms with Crippen LogP contribution < -0.4 is 14.4 Å². The lowest BCUT2D eigenvalue weighted by Crippen LogP contribution is -2.30. The normalized spacial score (nSPS) is 16.0. The highest BCUT2D eigenvalue weighted by atomic mass is 16.5. The van der Waals surface area contributed by atoms with Crippen molar-refractivity contribution >= 4 is 40.4 Å². The van der Waals surface area contributed by atoms with Gasteiger partial charge in [0.25, 0.3) is 5.78 Å². The number of hydrogen-bond acceptors (Lipinski definition) is 7. The third kappa shape index (κ3) is 5.13. The van der Waals surface area contributed by atoms with Gasteiger partial charge < -0.3 is 24.7 Å². The Morgan fingerprint density at radius 3 is 2.43 bits per heavy atom. The summed E-state index contributed by atoms with van der Waals surface area (Å²) in [5.74, 6) is -2.16. The number of Topliss-reactive ketones (excluding diaryl/α,β-unsaturated/α-hetero) is 1. The Kier molecular flexibility index (Phi) is 7.32. The van der Waals surface area contributed by atoms with Crippen LogP contribution in [-0.4, -0.2) is 45.0 Å². The fourth-order valence-electron chi connectivity index (χ4n) is 5.27. The largest absolute Gasteiger partial charge is 0.507 e. The standard InChI is InChI=1S/C34H27N3O7/c1-19-15-22(12-14-27(19)44-18-20-7-4-3-5-8-20)30(38)28-29(21-9-6-10-24(16-21)43-2)37(32(40)31(28)39)34-35-25-13-11-23(33(41)42)17-26(25)36-34/h3-17,29,38H,18H2,1-2H3,(H,35,36)(H,41,42)/b30-28+. The number of ether oxygens (including phenoxy) is 2. The van der Waals surface area contributed by atoms with Crippen molar-refractivity contribution in [2.75, 3.05) is 12.0 Å². The molecule has 220 valence electrons. The fourth-order valence-corrected chi connectivity index (χ4v) is 5.27. The highest BCUT2D eigenvalue weighted by Gasteiger charge is 2.48. The highest BCUT2D eigenvalue weighted by molar-refractivity contribution is 6.51. The zero-order valence-corrected chi connectivity index (χ0v) is 23.8. The number of benzene rings is 4. The lowest BCUT2D eigenvalue weighted by atomic mass is 9.94. The number of aromatic nitrogens is 2. The smallest absolute Gasteiger partial charge is 0.335 e. The topological polar surface area (TPSA) is 142 Å². The summed E-state index contributed by atoms with van der Waals surface area (Å²) in [5.41, 5.74) is 3.22.